The van der Waals surface area contributed by atoms with E-state index < -0.39 is 34.2 Å². The van der Waals surface area contributed by atoms with Crippen molar-refractivity contribution in [3.63, 3.8) is 0 Å². The number of hydrogen-bond donors (Lipinski definition) is 0. The van der Waals surface area contributed by atoms with Crippen LogP contribution in [0.1, 0.15) is 24.0 Å². The van der Waals surface area contributed by atoms with E-state index in [1.807, 2.05) is 42.5 Å². The minimum atomic E-state index is -4.08. The van der Waals surface area contributed by atoms with Crippen molar-refractivity contribution < 1.29 is 26.4 Å². The molecule has 2 aliphatic rings. The SMILES string of the molecule is C[Si](C)(C)CCN1C(=O)CN(c2ccc(/C=C/C3CCCN3S(=O)(=O)c3ccccc3)cc2OCc2ccccc2)S1(=O)=O. The number of ether oxygens (including phenoxy) is 1. The Kier molecular flexibility index (Phi) is 9.35. The lowest BCUT2D eigenvalue weighted by atomic mass is 10.1. The summed E-state index contributed by atoms with van der Waals surface area (Å²) in [4.78, 5) is 13.2. The summed E-state index contributed by atoms with van der Waals surface area (Å²) in [5.74, 6) is -0.137. The Hall–Kier alpha value is -3.45. The fourth-order valence-corrected chi connectivity index (χ4v) is 9.59. The van der Waals surface area contributed by atoms with Crippen molar-refractivity contribution in [2.75, 3.05) is 23.9 Å². The number of benzene rings is 3. The fraction of sp³-hybridized carbons (Fsp3) is 0.344. The molecule has 2 saturated heterocycles. The molecule has 2 fully saturated rings. The molecule has 0 radical (unpaired) electrons. The number of carbonyl (C=O) groups excluding carboxylic acids is 1. The standard InChI is InChI=1S/C32H39N3O6S2Si/c1-44(2,3)22-21-34-32(36)24-35(43(34,39)40)30-19-17-26(23-31(30)41-25-27-11-6-4-7-12-27)16-18-28-13-10-20-33(28)42(37,38)29-14-8-5-9-15-29/h4-9,11-12,14-19,23,28H,10,13,20-22,24-25H2,1-3H3/b18-16+. The predicted octanol–water partition coefficient (Wildman–Crippen LogP) is 5.36. The summed E-state index contributed by atoms with van der Waals surface area (Å²) in [5.41, 5.74) is 1.92. The van der Waals surface area contributed by atoms with E-state index in [0.717, 1.165) is 26.2 Å². The minimum Gasteiger partial charge on any atom is -0.487 e. The molecule has 1 amide bonds. The summed E-state index contributed by atoms with van der Waals surface area (Å²) in [6, 6.07) is 23.5. The van der Waals surface area contributed by atoms with Gasteiger partial charge >= 0.3 is 10.2 Å². The van der Waals surface area contributed by atoms with Gasteiger partial charge in [-0.1, -0.05) is 86.4 Å². The predicted molar refractivity (Wildman–Crippen MR) is 176 cm³/mol. The quantitative estimate of drug-likeness (QED) is 0.258. The van der Waals surface area contributed by atoms with Crippen LogP contribution in [0.2, 0.25) is 25.7 Å². The van der Waals surface area contributed by atoms with Crippen molar-refractivity contribution in [2.45, 2.75) is 56.1 Å². The summed E-state index contributed by atoms with van der Waals surface area (Å²) in [7, 11) is -9.32. The van der Waals surface area contributed by atoms with Crippen LogP contribution in [0.15, 0.2) is 89.8 Å². The Bertz CT molecular complexity index is 1730. The molecular formula is C32H39N3O6S2Si. The first-order valence-corrected chi connectivity index (χ1v) is 21.3. The second-order valence-corrected chi connectivity index (χ2v) is 21.6. The van der Waals surface area contributed by atoms with Crippen LogP contribution in [0.4, 0.5) is 5.69 Å². The highest BCUT2D eigenvalue weighted by atomic mass is 32.2. The first-order chi connectivity index (χ1) is 20.9. The molecule has 9 nitrogen and oxygen atoms in total. The maximum absolute atomic E-state index is 13.6. The van der Waals surface area contributed by atoms with Gasteiger partial charge in [-0.05, 0) is 54.3 Å². The molecule has 0 aliphatic carbocycles. The van der Waals surface area contributed by atoms with Gasteiger partial charge in [-0.15, -0.1) is 0 Å². The third-order valence-corrected chi connectivity index (χ3v) is 13.3. The van der Waals surface area contributed by atoms with Gasteiger partial charge in [0, 0.05) is 27.2 Å². The van der Waals surface area contributed by atoms with Gasteiger partial charge in [-0.2, -0.15) is 12.7 Å². The molecule has 3 aromatic carbocycles. The number of rotatable bonds is 11. The zero-order valence-corrected chi connectivity index (χ0v) is 27.9. The number of hydrogen-bond acceptors (Lipinski definition) is 6. The zero-order chi connectivity index (χ0) is 31.5. The molecule has 1 atom stereocenters. The van der Waals surface area contributed by atoms with E-state index >= 15 is 0 Å². The molecule has 5 rings (SSSR count). The molecule has 0 N–H and O–H groups in total. The average Bonchev–Trinajstić information content (AvgIpc) is 3.56. The smallest absolute Gasteiger partial charge is 0.329 e. The van der Waals surface area contributed by atoms with Gasteiger partial charge in [-0.3, -0.25) is 4.79 Å². The molecule has 0 bridgehead atoms. The van der Waals surface area contributed by atoms with Gasteiger partial charge < -0.3 is 4.74 Å². The Morgan fingerprint density at radius 3 is 2.34 bits per heavy atom. The summed E-state index contributed by atoms with van der Waals surface area (Å²) in [6.07, 6.45) is 5.16. The molecule has 2 aliphatic heterocycles. The van der Waals surface area contributed by atoms with E-state index in [2.05, 4.69) is 19.6 Å². The zero-order valence-electron chi connectivity index (χ0n) is 25.3. The van der Waals surface area contributed by atoms with E-state index in [9.17, 15) is 21.6 Å². The molecule has 0 saturated carbocycles. The first-order valence-electron chi connectivity index (χ1n) is 14.8. The average molecular weight is 654 g/mol. The van der Waals surface area contributed by atoms with Gasteiger partial charge in [-0.25, -0.2) is 17.0 Å². The summed E-state index contributed by atoms with van der Waals surface area (Å²) >= 11 is 0. The highest BCUT2D eigenvalue weighted by Crippen LogP contribution is 2.36. The molecule has 44 heavy (non-hydrogen) atoms. The van der Waals surface area contributed by atoms with Crippen LogP contribution >= 0.6 is 0 Å². The Morgan fingerprint density at radius 1 is 0.977 bits per heavy atom. The number of carbonyl (C=O) groups is 1. The van der Waals surface area contributed by atoms with Crippen LogP contribution in [-0.4, -0.2) is 65.1 Å². The monoisotopic (exact) mass is 653 g/mol. The van der Waals surface area contributed by atoms with Crippen LogP contribution in [0, 0.1) is 0 Å². The number of sulfonamides is 1. The summed E-state index contributed by atoms with van der Waals surface area (Å²) < 4.78 is 63.6. The van der Waals surface area contributed by atoms with E-state index in [4.69, 9.17) is 4.74 Å². The lowest BCUT2D eigenvalue weighted by Gasteiger charge is -2.24. The van der Waals surface area contributed by atoms with Crippen molar-refractivity contribution in [1.29, 1.82) is 0 Å². The normalized spacial score (nSPS) is 19.2. The van der Waals surface area contributed by atoms with E-state index in [-0.39, 0.29) is 36.3 Å². The Labute approximate surface area is 262 Å². The van der Waals surface area contributed by atoms with Crippen molar-refractivity contribution in [1.82, 2.24) is 8.61 Å². The second kappa shape index (κ2) is 12.9. The molecule has 2 heterocycles. The maximum Gasteiger partial charge on any atom is 0.329 e. The maximum atomic E-state index is 13.6. The molecular weight excluding hydrogens is 615 g/mol. The van der Waals surface area contributed by atoms with Gasteiger partial charge in [0.2, 0.25) is 10.0 Å². The van der Waals surface area contributed by atoms with Gasteiger partial charge in [0.25, 0.3) is 5.91 Å². The number of anilines is 1. The Balaban J connectivity index is 1.43. The van der Waals surface area contributed by atoms with E-state index in [1.54, 1.807) is 48.5 Å². The highest BCUT2D eigenvalue weighted by Gasteiger charge is 2.44. The molecule has 12 heteroatoms. The summed E-state index contributed by atoms with van der Waals surface area (Å²) in [5, 5.41) is 0. The van der Waals surface area contributed by atoms with Crippen LogP contribution in [-0.2, 0) is 31.6 Å². The van der Waals surface area contributed by atoms with Crippen LogP contribution in [0.5, 0.6) is 5.75 Å². The fourth-order valence-electron chi connectivity index (χ4n) is 5.32. The third kappa shape index (κ3) is 7.09. The van der Waals surface area contributed by atoms with Crippen molar-refractivity contribution in [2.24, 2.45) is 0 Å². The van der Waals surface area contributed by atoms with E-state index in [1.165, 1.54) is 4.31 Å². The first kappa shape index (κ1) is 32.0. The molecule has 0 spiro atoms. The van der Waals surface area contributed by atoms with Crippen LogP contribution in [0.3, 0.4) is 0 Å². The highest BCUT2D eigenvalue weighted by molar-refractivity contribution is 7.91. The van der Waals surface area contributed by atoms with Gasteiger partial charge in [0.05, 0.1) is 10.6 Å². The lowest BCUT2D eigenvalue weighted by molar-refractivity contribution is -0.123. The number of nitrogens with zero attached hydrogens (tertiary/aromatic N) is 3. The lowest BCUT2D eigenvalue weighted by Crippen LogP contribution is -2.37. The third-order valence-electron chi connectivity index (χ3n) is 7.78. The van der Waals surface area contributed by atoms with Crippen molar-refractivity contribution >= 4 is 46.0 Å². The topological polar surface area (TPSA) is 104 Å². The minimum absolute atomic E-state index is 0.165. The van der Waals surface area contributed by atoms with Crippen LogP contribution in [0.25, 0.3) is 6.08 Å². The largest absolute Gasteiger partial charge is 0.487 e. The van der Waals surface area contributed by atoms with Gasteiger partial charge in [0.15, 0.2) is 0 Å². The second-order valence-electron chi connectivity index (χ2n) is 12.3. The van der Waals surface area contributed by atoms with Crippen LogP contribution < -0.4 is 9.04 Å². The molecule has 1 unspecified atom stereocenters. The molecule has 0 aromatic heterocycles. The van der Waals surface area contributed by atoms with Crippen molar-refractivity contribution in [3.05, 3.63) is 96.1 Å². The van der Waals surface area contributed by atoms with Gasteiger partial charge in [0.1, 0.15) is 18.9 Å². The molecule has 234 valence electrons. The van der Waals surface area contributed by atoms with Crippen molar-refractivity contribution in [3.8, 4) is 5.75 Å². The molecule has 3 aromatic rings. The summed E-state index contributed by atoms with van der Waals surface area (Å²) in [6.45, 7) is 6.93. The Morgan fingerprint density at radius 2 is 1.66 bits per heavy atom. The number of amides is 1. The van der Waals surface area contributed by atoms with E-state index in [0.29, 0.717) is 24.8 Å².